The first kappa shape index (κ1) is 16.0. The van der Waals surface area contributed by atoms with Gasteiger partial charge in [-0.3, -0.25) is 14.4 Å². The van der Waals surface area contributed by atoms with E-state index in [4.69, 9.17) is 4.74 Å². The topological polar surface area (TPSA) is 63.5 Å². The molecule has 2 aliphatic heterocycles. The van der Waals surface area contributed by atoms with Crippen LogP contribution in [0.4, 0.5) is 0 Å². The zero-order valence-corrected chi connectivity index (χ0v) is 14.4. The number of piperidine rings is 1. The molecule has 0 radical (unpaired) electrons. The van der Waals surface area contributed by atoms with Gasteiger partial charge in [0.25, 0.3) is 0 Å². The molecule has 0 spiro atoms. The molecule has 24 heavy (non-hydrogen) atoms. The number of nitrogens with zero attached hydrogens (tertiary/aromatic N) is 5. The van der Waals surface area contributed by atoms with Crippen LogP contribution in [0, 0.1) is 11.8 Å². The van der Waals surface area contributed by atoms with Crippen molar-refractivity contribution in [3.05, 3.63) is 12.7 Å². The van der Waals surface area contributed by atoms with E-state index in [1.54, 1.807) is 13.4 Å². The van der Waals surface area contributed by atoms with E-state index in [0.29, 0.717) is 18.0 Å². The van der Waals surface area contributed by atoms with Gasteiger partial charge in [-0.25, -0.2) is 4.98 Å². The summed E-state index contributed by atoms with van der Waals surface area (Å²) < 4.78 is 6.98. The molecular weight excluding hydrogens is 306 g/mol. The van der Waals surface area contributed by atoms with Gasteiger partial charge in [-0.1, -0.05) is 0 Å². The van der Waals surface area contributed by atoms with Crippen LogP contribution in [0.2, 0.25) is 0 Å². The molecule has 3 heterocycles. The monoisotopic (exact) mass is 333 g/mol. The predicted molar refractivity (Wildman–Crippen MR) is 88.2 cm³/mol. The Hall–Kier alpha value is -1.47. The normalized spacial score (nSPS) is 30.5. The fourth-order valence-electron chi connectivity index (χ4n) is 4.49. The Morgan fingerprint density at radius 3 is 2.88 bits per heavy atom. The molecule has 1 aromatic rings. The molecule has 0 aromatic carbocycles. The summed E-state index contributed by atoms with van der Waals surface area (Å²) in [5.74, 6) is 1.59. The van der Waals surface area contributed by atoms with E-state index >= 15 is 0 Å². The molecule has 1 saturated carbocycles. The molecule has 1 amide bonds. The molecule has 4 rings (SSSR count). The van der Waals surface area contributed by atoms with Gasteiger partial charge >= 0.3 is 0 Å². The van der Waals surface area contributed by atoms with Gasteiger partial charge in [0.1, 0.15) is 19.3 Å². The zero-order chi connectivity index (χ0) is 16.5. The van der Waals surface area contributed by atoms with Crippen LogP contribution >= 0.6 is 0 Å². The molecule has 0 unspecified atom stereocenters. The summed E-state index contributed by atoms with van der Waals surface area (Å²) in [6.07, 6.45) is 8.41. The second-order valence-corrected chi connectivity index (χ2v) is 7.54. The number of aromatic nitrogens is 3. The van der Waals surface area contributed by atoms with Crippen molar-refractivity contribution in [1.82, 2.24) is 24.6 Å². The van der Waals surface area contributed by atoms with E-state index < -0.39 is 0 Å². The average Bonchev–Trinajstić information content (AvgIpc) is 3.13. The molecule has 1 aliphatic carbocycles. The van der Waals surface area contributed by atoms with E-state index in [9.17, 15) is 4.79 Å². The van der Waals surface area contributed by atoms with Gasteiger partial charge in [0.05, 0.1) is 6.54 Å². The second-order valence-electron chi connectivity index (χ2n) is 7.54. The van der Waals surface area contributed by atoms with Crippen LogP contribution in [0.25, 0.3) is 0 Å². The van der Waals surface area contributed by atoms with Crippen LogP contribution in [0.1, 0.15) is 25.7 Å². The number of amides is 1. The van der Waals surface area contributed by atoms with Gasteiger partial charge in [0.15, 0.2) is 0 Å². The molecule has 3 fully saturated rings. The average molecular weight is 333 g/mol. The fraction of sp³-hybridized carbons (Fsp3) is 0.824. The van der Waals surface area contributed by atoms with Crippen molar-refractivity contribution in [1.29, 1.82) is 0 Å². The summed E-state index contributed by atoms with van der Waals surface area (Å²) in [6, 6.07) is 1.13. The number of methoxy groups -OCH3 is 1. The maximum atomic E-state index is 12.2. The van der Waals surface area contributed by atoms with Crippen molar-refractivity contribution in [2.75, 3.05) is 33.4 Å². The van der Waals surface area contributed by atoms with E-state index in [1.165, 1.54) is 19.4 Å². The van der Waals surface area contributed by atoms with Gasteiger partial charge in [-0.15, -0.1) is 0 Å². The van der Waals surface area contributed by atoms with Crippen molar-refractivity contribution in [2.24, 2.45) is 11.8 Å². The summed E-state index contributed by atoms with van der Waals surface area (Å²) in [5, 5.41) is 4.29. The number of hydrogen-bond donors (Lipinski definition) is 0. The second kappa shape index (κ2) is 6.80. The van der Waals surface area contributed by atoms with E-state index in [-0.39, 0.29) is 12.5 Å². The lowest BCUT2D eigenvalue weighted by atomic mass is 9.92. The van der Waals surface area contributed by atoms with Crippen molar-refractivity contribution >= 4 is 5.91 Å². The Labute approximate surface area is 143 Å². The Morgan fingerprint density at radius 2 is 2.17 bits per heavy atom. The highest BCUT2D eigenvalue weighted by Gasteiger charge is 2.46. The SMILES string of the molecule is COCC(=O)N1CC[C@@H]2[C@@H](C[C@H](Cn3cncn3)N2CC2CC2)C1. The Bertz CT molecular complexity index is 559. The quantitative estimate of drug-likeness (QED) is 0.764. The fourth-order valence-corrected chi connectivity index (χ4v) is 4.49. The zero-order valence-electron chi connectivity index (χ0n) is 14.4. The maximum Gasteiger partial charge on any atom is 0.248 e. The van der Waals surface area contributed by atoms with Crippen LogP contribution in [-0.4, -0.2) is 75.9 Å². The predicted octanol–water partition coefficient (Wildman–Crippen LogP) is 0.626. The first-order valence-electron chi connectivity index (χ1n) is 9.09. The Balaban J connectivity index is 1.44. The standard InChI is InChI=1S/C17H27N5O2/c1-24-10-17(23)20-5-4-16-14(8-20)6-15(9-21-12-18-11-19-21)22(16)7-13-2-3-13/h11-16H,2-10H2,1H3/t14-,15+,16+/m0/s1. The summed E-state index contributed by atoms with van der Waals surface area (Å²) in [6.45, 7) is 4.06. The third-order valence-corrected chi connectivity index (χ3v) is 5.81. The van der Waals surface area contributed by atoms with E-state index in [1.807, 2.05) is 15.9 Å². The molecule has 3 aliphatic rings. The first-order valence-corrected chi connectivity index (χ1v) is 9.09. The number of ether oxygens (including phenoxy) is 1. The third kappa shape index (κ3) is 3.32. The van der Waals surface area contributed by atoms with Gasteiger partial charge < -0.3 is 9.64 Å². The number of carbonyl (C=O) groups is 1. The Morgan fingerprint density at radius 1 is 1.29 bits per heavy atom. The highest BCUT2D eigenvalue weighted by molar-refractivity contribution is 5.77. The largest absolute Gasteiger partial charge is 0.375 e. The number of rotatable bonds is 6. The first-order chi connectivity index (χ1) is 11.7. The lowest BCUT2D eigenvalue weighted by molar-refractivity contribution is -0.137. The summed E-state index contributed by atoms with van der Waals surface area (Å²) in [4.78, 5) is 21.0. The minimum atomic E-state index is 0.129. The lowest BCUT2D eigenvalue weighted by Gasteiger charge is -2.38. The smallest absolute Gasteiger partial charge is 0.248 e. The van der Waals surface area contributed by atoms with E-state index in [0.717, 1.165) is 38.4 Å². The number of carbonyl (C=O) groups excluding carboxylic acids is 1. The van der Waals surface area contributed by atoms with Crippen molar-refractivity contribution < 1.29 is 9.53 Å². The number of hydrogen-bond acceptors (Lipinski definition) is 5. The molecule has 0 bridgehead atoms. The van der Waals surface area contributed by atoms with Gasteiger partial charge in [-0.2, -0.15) is 5.10 Å². The molecular formula is C17H27N5O2. The minimum absolute atomic E-state index is 0.129. The molecule has 2 saturated heterocycles. The molecule has 7 nitrogen and oxygen atoms in total. The van der Waals surface area contributed by atoms with E-state index in [2.05, 4.69) is 15.0 Å². The van der Waals surface area contributed by atoms with Crippen LogP contribution in [0.5, 0.6) is 0 Å². The molecule has 0 N–H and O–H groups in total. The summed E-state index contributed by atoms with van der Waals surface area (Å²) >= 11 is 0. The van der Waals surface area contributed by atoms with Crippen LogP contribution in [-0.2, 0) is 16.1 Å². The van der Waals surface area contributed by atoms with Gasteiger partial charge in [-0.05, 0) is 37.5 Å². The third-order valence-electron chi connectivity index (χ3n) is 5.81. The van der Waals surface area contributed by atoms with Crippen molar-refractivity contribution in [2.45, 2.75) is 44.3 Å². The number of likely N-dealkylation sites (tertiary alicyclic amines) is 2. The lowest BCUT2D eigenvalue weighted by Crippen LogP contribution is -2.50. The van der Waals surface area contributed by atoms with Crippen LogP contribution in [0.3, 0.4) is 0 Å². The van der Waals surface area contributed by atoms with Gasteiger partial charge in [0, 0.05) is 38.8 Å². The van der Waals surface area contributed by atoms with Crippen LogP contribution in [0.15, 0.2) is 12.7 Å². The molecule has 3 atom stereocenters. The molecule has 7 heteroatoms. The highest BCUT2D eigenvalue weighted by Crippen LogP contribution is 2.40. The summed E-state index contributed by atoms with van der Waals surface area (Å²) in [7, 11) is 1.59. The summed E-state index contributed by atoms with van der Waals surface area (Å²) in [5.41, 5.74) is 0. The van der Waals surface area contributed by atoms with Crippen molar-refractivity contribution in [3.8, 4) is 0 Å². The molecule has 1 aromatic heterocycles. The number of fused-ring (bicyclic) bond motifs is 1. The highest BCUT2D eigenvalue weighted by atomic mass is 16.5. The van der Waals surface area contributed by atoms with Crippen LogP contribution < -0.4 is 0 Å². The van der Waals surface area contributed by atoms with Gasteiger partial charge in [0.2, 0.25) is 5.91 Å². The maximum absolute atomic E-state index is 12.2. The van der Waals surface area contributed by atoms with Crippen molar-refractivity contribution in [3.63, 3.8) is 0 Å². The minimum Gasteiger partial charge on any atom is -0.375 e. The molecule has 132 valence electrons. The Kier molecular flexibility index (Phi) is 4.54.